The molecule has 3 aliphatic rings. The van der Waals surface area contributed by atoms with E-state index in [0.29, 0.717) is 5.57 Å². The van der Waals surface area contributed by atoms with E-state index >= 15 is 0 Å². The summed E-state index contributed by atoms with van der Waals surface area (Å²) in [4.78, 5) is 22.1. The average molecular weight is 226 g/mol. The van der Waals surface area contributed by atoms with Crippen molar-refractivity contribution in [1.29, 1.82) is 0 Å². The largest absolute Gasteiger partial charge is 0.345 e. The summed E-state index contributed by atoms with van der Waals surface area (Å²) in [5, 5.41) is 0. The van der Waals surface area contributed by atoms with E-state index in [4.69, 9.17) is 9.78 Å². The highest BCUT2D eigenvalue weighted by Gasteiger charge is 2.25. The van der Waals surface area contributed by atoms with Gasteiger partial charge in [0.15, 0.2) is 5.78 Å². The first kappa shape index (κ1) is 10.1. The number of ketones is 1. The summed E-state index contributed by atoms with van der Waals surface area (Å²) in [6, 6.07) is 0. The van der Waals surface area contributed by atoms with E-state index in [1.807, 2.05) is 30.4 Å². The van der Waals surface area contributed by atoms with Crippen molar-refractivity contribution in [3.8, 4) is 0 Å². The van der Waals surface area contributed by atoms with Crippen LogP contribution < -0.4 is 0 Å². The van der Waals surface area contributed by atoms with Crippen LogP contribution in [0.2, 0.25) is 0 Å². The van der Waals surface area contributed by atoms with Crippen LogP contribution in [0.5, 0.6) is 0 Å². The topological polar surface area (TPSA) is 35.5 Å². The number of allylic oxidation sites excluding steroid dienone is 8. The molecule has 0 aromatic heterocycles. The van der Waals surface area contributed by atoms with Crippen molar-refractivity contribution in [1.82, 2.24) is 0 Å². The van der Waals surface area contributed by atoms with Gasteiger partial charge in [0, 0.05) is 11.1 Å². The summed E-state index contributed by atoms with van der Waals surface area (Å²) in [7, 11) is 0. The lowest BCUT2D eigenvalue weighted by Crippen LogP contribution is -2.20. The molecule has 0 spiro atoms. The first-order chi connectivity index (χ1) is 8.36. The number of hydrogen-bond donors (Lipinski definition) is 0. The smallest absolute Gasteiger partial charge is 0.186 e. The molecular weight excluding hydrogens is 216 g/mol. The van der Waals surface area contributed by atoms with Crippen LogP contribution in [0.4, 0.5) is 0 Å². The molecule has 0 radical (unpaired) electrons. The number of carbonyl (C=O) groups is 1. The molecule has 84 valence electrons. The van der Waals surface area contributed by atoms with Crippen LogP contribution >= 0.6 is 0 Å². The van der Waals surface area contributed by atoms with Gasteiger partial charge in [-0.05, 0) is 23.8 Å². The number of fused-ring (bicyclic) bond motifs is 2. The molecule has 3 heteroatoms. The molecule has 0 N–H and O–H groups in total. The van der Waals surface area contributed by atoms with Gasteiger partial charge in [0.05, 0.1) is 0 Å². The molecule has 1 heterocycles. The zero-order valence-electron chi connectivity index (χ0n) is 9.00. The molecule has 2 aliphatic carbocycles. The minimum Gasteiger partial charge on any atom is -0.345 e. The van der Waals surface area contributed by atoms with Gasteiger partial charge in [-0.3, -0.25) is 4.79 Å². The van der Waals surface area contributed by atoms with Crippen molar-refractivity contribution in [3.63, 3.8) is 0 Å². The highest BCUT2D eigenvalue weighted by molar-refractivity contribution is 6.10. The Kier molecular flexibility index (Phi) is 2.38. The third-order valence-corrected chi connectivity index (χ3v) is 2.79. The minimum atomic E-state index is -0.334. The summed E-state index contributed by atoms with van der Waals surface area (Å²) < 4.78 is 0. The second-order valence-electron chi connectivity index (χ2n) is 3.84. The van der Waals surface area contributed by atoms with Crippen LogP contribution in [-0.4, -0.2) is 11.9 Å². The van der Waals surface area contributed by atoms with Gasteiger partial charge in [0.1, 0.15) is 12.4 Å². The van der Waals surface area contributed by atoms with Gasteiger partial charge in [-0.25, -0.2) is 0 Å². The predicted octanol–water partition coefficient (Wildman–Crippen LogP) is 2.32. The molecular formula is C14H10O3. The monoisotopic (exact) mass is 226 g/mol. The van der Waals surface area contributed by atoms with E-state index in [1.54, 1.807) is 18.2 Å². The quantitative estimate of drug-likeness (QED) is 0.594. The zero-order chi connectivity index (χ0) is 11.7. The third kappa shape index (κ3) is 1.70. The van der Waals surface area contributed by atoms with Crippen LogP contribution in [0.15, 0.2) is 71.6 Å². The molecule has 3 nitrogen and oxygen atoms in total. The SMILES string of the molecule is O=C1C=CC=C2C=COOC3C=CC=CC3=C12. The van der Waals surface area contributed by atoms with Crippen LogP contribution in [0, 0.1) is 0 Å². The van der Waals surface area contributed by atoms with Gasteiger partial charge in [0.2, 0.25) is 0 Å². The Balaban J connectivity index is 2.20. The molecule has 0 bridgehead atoms. The molecule has 17 heavy (non-hydrogen) atoms. The van der Waals surface area contributed by atoms with E-state index in [9.17, 15) is 4.79 Å². The Labute approximate surface area is 98.6 Å². The number of carbonyl (C=O) groups excluding carboxylic acids is 1. The fraction of sp³-hybridized carbons (Fsp3) is 0.0714. The molecule has 0 saturated carbocycles. The van der Waals surface area contributed by atoms with Crippen molar-refractivity contribution in [2.75, 3.05) is 0 Å². The van der Waals surface area contributed by atoms with Gasteiger partial charge in [-0.15, -0.1) is 0 Å². The normalized spacial score (nSPS) is 25.8. The lowest BCUT2D eigenvalue weighted by molar-refractivity contribution is -0.262. The molecule has 1 unspecified atom stereocenters. The second kappa shape index (κ2) is 4.03. The summed E-state index contributed by atoms with van der Waals surface area (Å²) >= 11 is 0. The van der Waals surface area contributed by atoms with Crippen LogP contribution in [-0.2, 0) is 14.6 Å². The van der Waals surface area contributed by atoms with E-state index in [1.165, 1.54) is 6.26 Å². The maximum atomic E-state index is 12.0. The fourth-order valence-corrected chi connectivity index (χ4v) is 2.02. The zero-order valence-corrected chi connectivity index (χ0v) is 9.00. The van der Waals surface area contributed by atoms with Crippen LogP contribution in [0.25, 0.3) is 0 Å². The van der Waals surface area contributed by atoms with E-state index in [0.717, 1.165) is 11.1 Å². The lowest BCUT2D eigenvalue weighted by Gasteiger charge is -2.22. The van der Waals surface area contributed by atoms with Gasteiger partial charge in [-0.2, -0.15) is 4.89 Å². The van der Waals surface area contributed by atoms with E-state index < -0.39 is 0 Å². The Morgan fingerprint density at radius 1 is 1.06 bits per heavy atom. The van der Waals surface area contributed by atoms with E-state index in [2.05, 4.69) is 0 Å². The Bertz CT molecular complexity index is 542. The maximum absolute atomic E-state index is 12.0. The first-order valence-electron chi connectivity index (χ1n) is 5.37. The molecule has 1 aliphatic heterocycles. The Hall–Kier alpha value is -2.13. The summed E-state index contributed by atoms with van der Waals surface area (Å²) in [6.07, 6.45) is 15.5. The minimum absolute atomic E-state index is 0.00222. The van der Waals surface area contributed by atoms with Crippen molar-refractivity contribution in [2.45, 2.75) is 6.10 Å². The molecule has 0 aromatic carbocycles. The van der Waals surface area contributed by atoms with E-state index in [-0.39, 0.29) is 11.9 Å². The average Bonchev–Trinajstić information content (AvgIpc) is 2.32. The molecule has 0 amide bonds. The lowest BCUT2D eigenvalue weighted by atomic mass is 9.88. The fourth-order valence-electron chi connectivity index (χ4n) is 2.02. The highest BCUT2D eigenvalue weighted by atomic mass is 17.2. The first-order valence-corrected chi connectivity index (χ1v) is 5.37. The highest BCUT2D eigenvalue weighted by Crippen LogP contribution is 2.29. The van der Waals surface area contributed by atoms with Crippen molar-refractivity contribution >= 4 is 5.78 Å². The van der Waals surface area contributed by atoms with Crippen molar-refractivity contribution in [3.05, 3.63) is 71.6 Å². The second-order valence-corrected chi connectivity index (χ2v) is 3.84. The third-order valence-electron chi connectivity index (χ3n) is 2.79. The molecule has 0 aromatic rings. The molecule has 0 saturated heterocycles. The molecule has 1 atom stereocenters. The van der Waals surface area contributed by atoms with Crippen LogP contribution in [0.3, 0.4) is 0 Å². The molecule has 3 rings (SSSR count). The Morgan fingerprint density at radius 2 is 2.00 bits per heavy atom. The predicted molar refractivity (Wildman–Crippen MR) is 62.6 cm³/mol. The number of rotatable bonds is 0. The summed E-state index contributed by atoms with van der Waals surface area (Å²) in [6.45, 7) is 0. The van der Waals surface area contributed by atoms with Gasteiger partial charge in [0.25, 0.3) is 0 Å². The standard InChI is InChI=1S/C14H10O3/c15-12-6-3-4-10-8-9-16-17-13-7-2-1-5-11(13)14(10)12/h1-9,13H. The Morgan fingerprint density at radius 3 is 2.94 bits per heavy atom. The van der Waals surface area contributed by atoms with Crippen molar-refractivity contribution in [2.24, 2.45) is 0 Å². The van der Waals surface area contributed by atoms with Gasteiger partial charge in [-0.1, -0.05) is 30.4 Å². The maximum Gasteiger partial charge on any atom is 0.186 e. The number of hydrogen-bond acceptors (Lipinski definition) is 3. The van der Waals surface area contributed by atoms with Crippen molar-refractivity contribution < 1.29 is 14.6 Å². The summed E-state index contributed by atoms with van der Waals surface area (Å²) in [5.41, 5.74) is 2.36. The van der Waals surface area contributed by atoms with Gasteiger partial charge >= 0.3 is 0 Å². The summed E-state index contributed by atoms with van der Waals surface area (Å²) in [5.74, 6) is -0.00222. The van der Waals surface area contributed by atoms with Gasteiger partial charge < -0.3 is 4.89 Å². The molecule has 0 fully saturated rings. The van der Waals surface area contributed by atoms with Crippen LogP contribution in [0.1, 0.15) is 0 Å².